The van der Waals surface area contributed by atoms with Crippen molar-refractivity contribution < 1.29 is 29.3 Å². The molecule has 4 rings (SSSR count). The van der Waals surface area contributed by atoms with Gasteiger partial charge in [0, 0.05) is 48.1 Å². The molecule has 1 saturated carbocycles. The van der Waals surface area contributed by atoms with Crippen molar-refractivity contribution in [2.24, 2.45) is 22.6 Å². The number of rotatable bonds is 5. The van der Waals surface area contributed by atoms with Crippen molar-refractivity contribution >= 4 is 34.4 Å². The van der Waals surface area contributed by atoms with Crippen LogP contribution in [0.15, 0.2) is 23.2 Å². The van der Waals surface area contributed by atoms with Crippen molar-refractivity contribution in [1.82, 2.24) is 4.90 Å². The van der Waals surface area contributed by atoms with Gasteiger partial charge in [-0.2, -0.15) is 0 Å². The van der Waals surface area contributed by atoms with Crippen molar-refractivity contribution in [3.63, 3.8) is 0 Å². The number of fused-ring (bicyclic) bond motifs is 1. The molecule has 5 atom stereocenters. The number of anilines is 1. The van der Waals surface area contributed by atoms with E-state index < -0.39 is 24.2 Å². The van der Waals surface area contributed by atoms with Crippen molar-refractivity contribution in [3.8, 4) is 11.5 Å². The van der Waals surface area contributed by atoms with Gasteiger partial charge in [0.1, 0.15) is 17.6 Å². The molecule has 1 aromatic carbocycles. The largest absolute Gasteiger partial charge is 0.497 e. The predicted molar refractivity (Wildman–Crippen MR) is 124 cm³/mol. The molecule has 0 radical (unpaired) electrons. The number of carbonyl (C=O) groups is 2. The molecule has 1 saturated heterocycles. The lowest BCUT2D eigenvalue weighted by atomic mass is 9.80. The van der Waals surface area contributed by atoms with Crippen LogP contribution in [0.2, 0.25) is 0 Å². The minimum atomic E-state index is -1.05. The van der Waals surface area contributed by atoms with Crippen LogP contribution in [0.25, 0.3) is 0 Å². The minimum Gasteiger partial charge on any atom is -0.497 e. The number of aliphatic hydroxyl groups excluding tert-OH is 2. The Hall–Kier alpha value is -2.50. The van der Waals surface area contributed by atoms with E-state index in [9.17, 15) is 19.8 Å². The summed E-state index contributed by atoms with van der Waals surface area (Å²) in [6.45, 7) is 0.915. The number of thioether (sulfide) groups is 1. The molecule has 2 amide bonds. The molecule has 3 aliphatic rings. The number of benzene rings is 1. The molecule has 10 nitrogen and oxygen atoms in total. The number of amidine groups is 1. The van der Waals surface area contributed by atoms with E-state index in [-0.39, 0.29) is 29.4 Å². The highest BCUT2D eigenvalue weighted by molar-refractivity contribution is 8.15. The molecule has 1 aliphatic carbocycles. The monoisotopic (exact) mass is 478 g/mol. The zero-order chi connectivity index (χ0) is 23.7. The fourth-order valence-corrected chi connectivity index (χ4v) is 6.09. The molecule has 2 fully saturated rings. The SMILES string of the molecule is COc1cc(NC2=NC3C(O)C(O)CC(C(=O)N4CCC(C(N)=O)CC4)C3S2)cc(OC)c1. The molecule has 5 N–H and O–H groups in total. The lowest BCUT2D eigenvalue weighted by Gasteiger charge is -2.40. The Balaban J connectivity index is 1.48. The van der Waals surface area contributed by atoms with Gasteiger partial charge in [-0.3, -0.25) is 14.6 Å². The number of piperidine rings is 1. The van der Waals surface area contributed by atoms with E-state index in [1.807, 2.05) is 0 Å². The number of primary amides is 1. The average molecular weight is 479 g/mol. The Bertz CT molecular complexity index is 913. The van der Waals surface area contributed by atoms with Crippen molar-refractivity contribution in [3.05, 3.63) is 18.2 Å². The summed E-state index contributed by atoms with van der Waals surface area (Å²) in [4.78, 5) is 31.1. The maximum Gasteiger partial charge on any atom is 0.227 e. The second-order valence-corrected chi connectivity index (χ2v) is 9.80. The van der Waals surface area contributed by atoms with E-state index in [4.69, 9.17) is 15.2 Å². The number of amides is 2. The highest BCUT2D eigenvalue weighted by Crippen LogP contribution is 2.42. The third-order valence-electron chi connectivity index (χ3n) is 6.62. The fourth-order valence-electron chi connectivity index (χ4n) is 4.72. The normalized spacial score (nSPS) is 29.8. The van der Waals surface area contributed by atoms with Crippen LogP contribution in [0.4, 0.5) is 5.69 Å². The molecule has 0 spiro atoms. The van der Waals surface area contributed by atoms with Gasteiger partial charge in [-0.1, -0.05) is 11.8 Å². The van der Waals surface area contributed by atoms with Crippen LogP contribution in [0.3, 0.4) is 0 Å². The van der Waals surface area contributed by atoms with E-state index in [0.717, 1.165) is 0 Å². The van der Waals surface area contributed by atoms with E-state index in [2.05, 4.69) is 10.3 Å². The van der Waals surface area contributed by atoms with Gasteiger partial charge in [-0.15, -0.1) is 0 Å². The standard InChI is InChI=1S/C22H30N4O6S/c1-31-13-7-12(8-14(9-13)32-2)24-22-25-17-18(28)16(27)10-15(19(17)33-22)21(30)26-5-3-11(4-6-26)20(23)29/h7-9,11,15-19,27-28H,3-6,10H2,1-2H3,(H2,23,29)(H,24,25). The van der Waals surface area contributed by atoms with Crippen LogP contribution in [0, 0.1) is 11.8 Å². The van der Waals surface area contributed by atoms with Crippen LogP contribution in [-0.2, 0) is 9.59 Å². The van der Waals surface area contributed by atoms with Gasteiger partial charge in [-0.05, 0) is 19.3 Å². The molecular formula is C22H30N4O6S. The molecule has 11 heteroatoms. The molecule has 180 valence electrons. The lowest BCUT2D eigenvalue weighted by molar-refractivity contribution is -0.142. The number of nitrogens with zero attached hydrogens (tertiary/aromatic N) is 2. The predicted octanol–water partition coefficient (Wildman–Crippen LogP) is 0.421. The molecule has 2 heterocycles. The van der Waals surface area contributed by atoms with E-state index in [0.29, 0.717) is 48.3 Å². The zero-order valence-electron chi connectivity index (χ0n) is 18.6. The number of aliphatic hydroxyl groups is 2. The Morgan fingerprint density at radius 2 is 1.79 bits per heavy atom. The molecule has 1 aromatic rings. The Morgan fingerprint density at radius 3 is 2.36 bits per heavy atom. The van der Waals surface area contributed by atoms with Gasteiger partial charge in [0.15, 0.2) is 5.17 Å². The number of hydrogen-bond donors (Lipinski definition) is 4. The van der Waals surface area contributed by atoms with Crippen molar-refractivity contribution in [2.75, 3.05) is 32.6 Å². The van der Waals surface area contributed by atoms with Crippen molar-refractivity contribution in [2.45, 2.75) is 42.8 Å². The first kappa shape index (κ1) is 23.7. The first-order valence-electron chi connectivity index (χ1n) is 11.0. The summed E-state index contributed by atoms with van der Waals surface area (Å²) in [5, 5.41) is 24.5. The maximum absolute atomic E-state index is 13.4. The van der Waals surface area contributed by atoms with E-state index >= 15 is 0 Å². The lowest BCUT2D eigenvalue weighted by Crippen LogP contribution is -2.55. The molecule has 2 aliphatic heterocycles. The van der Waals surface area contributed by atoms with Crippen LogP contribution in [-0.4, -0.2) is 82.9 Å². The quantitative estimate of drug-likeness (QED) is 0.476. The van der Waals surface area contributed by atoms with Crippen LogP contribution in [0.1, 0.15) is 19.3 Å². The van der Waals surface area contributed by atoms with E-state index in [1.165, 1.54) is 11.8 Å². The Labute approximate surface area is 196 Å². The second-order valence-electron chi connectivity index (χ2n) is 8.64. The van der Waals surface area contributed by atoms with Gasteiger partial charge in [0.2, 0.25) is 11.8 Å². The number of carbonyl (C=O) groups excluding carboxylic acids is 2. The minimum absolute atomic E-state index is 0.0779. The highest BCUT2D eigenvalue weighted by Gasteiger charge is 2.51. The number of nitrogens with two attached hydrogens (primary N) is 1. The number of nitrogens with one attached hydrogen (secondary N) is 1. The Morgan fingerprint density at radius 1 is 1.15 bits per heavy atom. The summed E-state index contributed by atoms with van der Waals surface area (Å²) in [5.41, 5.74) is 6.10. The highest BCUT2D eigenvalue weighted by atomic mass is 32.2. The van der Waals surface area contributed by atoms with Crippen molar-refractivity contribution in [1.29, 1.82) is 0 Å². The second kappa shape index (κ2) is 9.78. The summed E-state index contributed by atoms with van der Waals surface area (Å²) in [6, 6.07) is 4.74. The van der Waals surface area contributed by atoms with Crippen LogP contribution >= 0.6 is 11.8 Å². The number of methoxy groups -OCH3 is 2. The van der Waals surface area contributed by atoms with Gasteiger partial charge in [0.05, 0.1) is 32.3 Å². The third-order valence-corrected chi connectivity index (χ3v) is 7.93. The Kier molecular flexibility index (Phi) is 7.01. The third kappa shape index (κ3) is 4.90. The van der Waals surface area contributed by atoms with Gasteiger partial charge in [0.25, 0.3) is 0 Å². The number of hydrogen-bond acceptors (Lipinski definition) is 9. The smallest absolute Gasteiger partial charge is 0.227 e. The number of ether oxygens (including phenoxy) is 2. The molecule has 33 heavy (non-hydrogen) atoms. The van der Waals surface area contributed by atoms with Crippen LogP contribution < -0.4 is 20.5 Å². The summed E-state index contributed by atoms with van der Waals surface area (Å²) in [5.74, 6) is 0.113. The van der Waals surface area contributed by atoms with Gasteiger partial charge in [-0.25, -0.2) is 0 Å². The summed E-state index contributed by atoms with van der Waals surface area (Å²) in [6.07, 6.45) is -0.836. The molecular weight excluding hydrogens is 448 g/mol. The number of likely N-dealkylation sites (tertiary alicyclic amines) is 1. The average Bonchev–Trinajstić information content (AvgIpc) is 3.24. The molecule has 0 bridgehead atoms. The fraction of sp³-hybridized carbons (Fsp3) is 0.591. The first-order chi connectivity index (χ1) is 15.8. The molecule has 5 unspecified atom stereocenters. The summed E-state index contributed by atoms with van der Waals surface area (Å²) < 4.78 is 10.6. The zero-order valence-corrected chi connectivity index (χ0v) is 19.5. The van der Waals surface area contributed by atoms with Crippen LogP contribution in [0.5, 0.6) is 11.5 Å². The first-order valence-corrected chi connectivity index (χ1v) is 11.9. The summed E-state index contributed by atoms with van der Waals surface area (Å²) >= 11 is 1.39. The molecule has 0 aromatic heterocycles. The van der Waals surface area contributed by atoms with Gasteiger partial charge < -0.3 is 35.6 Å². The number of aliphatic imine (C=N–C) groups is 1. The van der Waals surface area contributed by atoms with Gasteiger partial charge >= 0.3 is 0 Å². The summed E-state index contributed by atoms with van der Waals surface area (Å²) in [7, 11) is 3.13. The maximum atomic E-state index is 13.4. The topological polar surface area (TPSA) is 147 Å². The van der Waals surface area contributed by atoms with E-state index in [1.54, 1.807) is 37.3 Å².